The molecule has 3 rings (SSSR count). The number of halogens is 1. The minimum atomic E-state index is -0.243. The number of nitrogens with two attached hydrogens (primary N) is 1. The van der Waals surface area contributed by atoms with Crippen LogP contribution in [0.1, 0.15) is 25.1 Å². The maximum absolute atomic E-state index is 5.96. The smallest absolute Gasteiger partial charge is 0.247 e. The Kier molecular flexibility index (Phi) is 3.17. The van der Waals surface area contributed by atoms with Crippen LogP contribution in [0.25, 0.3) is 0 Å². The summed E-state index contributed by atoms with van der Waals surface area (Å²) in [5, 5.41) is 0.102. The van der Waals surface area contributed by atoms with Crippen molar-refractivity contribution in [1.82, 2.24) is 9.97 Å². The largest absolute Gasteiger partial charge is 0.483 e. The molecule has 0 aliphatic carbocycles. The Morgan fingerprint density at radius 3 is 2.86 bits per heavy atom. The fourth-order valence-corrected chi connectivity index (χ4v) is 2.58. The first kappa shape index (κ1) is 13.9. The summed E-state index contributed by atoms with van der Waals surface area (Å²) in [6.07, 6.45) is 0.832. The predicted molar refractivity (Wildman–Crippen MR) is 81.1 cm³/mol. The molecule has 1 aromatic heterocycles. The van der Waals surface area contributed by atoms with Crippen molar-refractivity contribution in [3.05, 3.63) is 34.7 Å². The maximum atomic E-state index is 5.96. The monoisotopic (exact) mass is 305 g/mol. The van der Waals surface area contributed by atoms with Gasteiger partial charge in [-0.3, -0.25) is 0 Å². The van der Waals surface area contributed by atoms with Gasteiger partial charge in [0.2, 0.25) is 11.2 Å². The number of hydrogen-bond donors (Lipinski definition) is 1. The Morgan fingerprint density at radius 1 is 1.33 bits per heavy atom. The first-order chi connectivity index (χ1) is 9.85. The molecule has 110 valence electrons. The molecule has 0 spiro atoms. The lowest BCUT2D eigenvalue weighted by Crippen LogP contribution is -2.24. The van der Waals surface area contributed by atoms with Crippen molar-refractivity contribution in [2.75, 3.05) is 5.73 Å². The van der Waals surface area contributed by atoms with E-state index in [-0.39, 0.29) is 16.8 Å². The molecule has 21 heavy (non-hydrogen) atoms. The van der Waals surface area contributed by atoms with Crippen LogP contribution in [0.5, 0.6) is 17.4 Å². The number of aryl methyl sites for hydroxylation is 1. The number of aromatic nitrogens is 2. The van der Waals surface area contributed by atoms with E-state index in [0.29, 0.717) is 17.1 Å². The molecular formula is C15H16ClN3O2. The van der Waals surface area contributed by atoms with E-state index in [1.54, 1.807) is 6.92 Å². The summed E-state index contributed by atoms with van der Waals surface area (Å²) in [6.45, 7) is 5.83. The summed E-state index contributed by atoms with van der Waals surface area (Å²) in [5.41, 5.74) is 7.76. The van der Waals surface area contributed by atoms with Crippen molar-refractivity contribution in [1.29, 1.82) is 0 Å². The molecule has 5 nitrogen and oxygen atoms in total. The van der Waals surface area contributed by atoms with Gasteiger partial charge in [-0.05, 0) is 38.4 Å². The van der Waals surface area contributed by atoms with E-state index in [1.807, 2.05) is 32.0 Å². The van der Waals surface area contributed by atoms with Gasteiger partial charge in [0.05, 0.1) is 5.69 Å². The maximum Gasteiger partial charge on any atom is 0.247 e. The van der Waals surface area contributed by atoms with Crippen molar-refractivity contribution in [3.8, 4) is 17.4 Å². The molecule has 1 aromatic carbocycles. The standard InChI is InChI=1S/C15H16ClN3O2/c1-8-11(17)13(19-14(16)18-8)20-10-6-4-5-9-7-15(2,3)21-12(9)10/h4-6H,7,17H2,1-3H3. The van der Waals surface area contributed by atoms with E-state index < -0.39 is 0 Å². The van der Waals surface area contributed by atoms with Crippen LogP contribution in [-0.2, 0) is 6.42 Å². The van der Waals surface area contributed by atoms with Crippen LogP contribution in [0.2, 0.25) is 5.28 Å². The number of hydrogen-bond acceptors (Lipinski definition) is 5. The zero-order valence-electron chi connectivity index (χ0n) is 12.1. The number of nitrogen functional groups attached to an aromatic ring is 1. The predicted octanol–water partition coefficient (Wildman–Crippen LogP) is 3.53. The SMILES string of the molecule is Cc1nc(Cl)nc(Oc2cccc3c2OC(C)(C)C3)c1N. The van der Waals surface area contributed by atoms with Crippen LogP contribution in [0.4, 0.5) is 5.69 Å². The third-order valence-corrected chi connectivity index (χ3v) is 3.50. The number of rotatable bonds is 2. The van der Waals surface area contributed by atoms with Crippen LogP contribution < -0.4 is 15.2 Å². The molecule has 0 radical (unpaired) electrons. The number of nitrogens with zero attached hydrogens (tertiary/aromatic N) is 2. The van der Waals surface area contributed by atoms with Gasteiger partial charge in [0.15, 0.2) is 11.5 Å². The van der Waals surface area contributed by atoms with E-state index >= 15 is 0 Å². The zero-order chi connectivity index (χ0) is 15.2. The minimum Gasteiger partial charge on any atom is -0.483 e. The Balaban J connectivity index is 2.00. The number of anilines is 1. The fraction of sp³-hybridized carbons (Fsp3) is 0.333. The second kappa shape index (κ2) is 4.77. The summed E-state index contributed by atoms with van der Waals surface area (Å²) in [4.78, 5) is 8.03. The molecule has 0 saturated heterocycles. The van der Waals surface area contributed by atoms with Crippen LogP contribution in [0.15, 0.2) is 18.2 Å². The topological polar surface area (TPSA) is 70.3 Å². The summed E-state index contributed by atoms with van der Waals surface area (Å²) < 4.78 is 11.8. The molecule has 0 amide bonds. The molecule has 6 heteroatoms. The van der Waals surface area contributed by atoms with Crippen molar-refractivity contribution in [3.63, 3.8) is 0 Å². The van der Waals surface area contributed by atoms with Gasteiger partial charge in [0.25, 0.3) is 0 Å². The summed E-state index contributed by atoms with van der Waals surface area (Å²) >= 11 is 5.86. The highest BCUT2D eigenvalue weighted by molar-refractivity contribution is 6.28. The summed E-state index contributed by atoms with van der Waals surface area (Å²) in [7, 11) is 0. The Hall–Kier alpha value is -2.01. The van der Waals surface area contributed by atoms with Crippen LogP contribution >= 0.6 is 11.6 Å². The normalized spacial score (nSPS) is 15.4. The van der Waals surface area contributed by atoms with E-state index in [2.05, 4.69) is 9.97 Å². The highest BCUT2D eigenvalue weighted by Crippen LogP contribution is 2.43. The zero-order valence-corrected chi connectivity index (χ0v) is 12.9. The fourth-order valence-electron chi connectivity index (χ4n) is 2.37. The highest BCUT2D eigenvalue weighted by Gasteiger charge is 2.32. The van der Waals surface area contributed by atoms with Crippen molar-refractivity contribution < 1.29 is 9.47 Å². The van der Waals surface area contributed by atoms with Crippen LogP contribution in [0, 0.1) is 6.92 Å². The Morgan fingerprint density at radius 2 is 2.10 bits per heavy atom. The van der Waals surface area contributed by atoms with Gasteiger partial charge >= 0.3 is 0 Å². The molecule has 0 fully saturated rings. The van der Waals surface area contributed by atoms with Gasteiger partial charge in [-0.1, -0.05) is 12.1 Å². The highest BCUT2D eigenvalue weighted by atomic mass is 35.5. The molecule has 0 atom stereocenters. The third kappa shape index (κ3) is 2.61. The van der Waals surface area contributed by atoms with Crippen molar-refractivity contribution in [2.24, 2.45) is 0 Å². The first-order valence-corrected chi connectivity index (χ1v) is 7.02. The lowest BCUT2D eigenvalue weighted by atomic mass is 10.0. The quantitative estimate of drug-likeness (QED) is 0.860. The van der Waals surface area contributed by atoms with E-state index in [4.69, 9.17) is 26.8 Å². The Labute approximate surface area is 128 Å². The van der Waals surface area contributed by atoms with Crippen molar-refractivity contribution in [2.45, 2.75) is 32.8 Å². The lowest BCUT2D eigenvalue weighted by molar-refractivity contribution is 0.135. The first-order valence-electron chi connectivity index (χ1n) is 6.64. The van der Waals surface area contributed by atoms with E-state index in [0.717, 1.165) is 17.7 Å². The molecule has 2 heterocycles. The second-order valence-electron chi connectivity index (χ2n) is 5.68. The van der Waals surface area contributed by atoms with E-state index in [9.17, 15) is 0 Å². The molecule has 1 aliphatic rings. The number of benzene rings is 1. The van der Waals surface area contributed by atoms with Gasteiger partial charge in [-0.15, -0.1) is 0 Å². The third-order valence-electron chi connectivity index (χ3n) is 3.34. The minimum absolute atomic E-state index is 0.102. The average molecular weight is 306 g/mol. The Bertz CT molecular complexity index is 716. The van der Waals surface area contributed by atoms with Gasteiger partial charge < -0.3 is 15.2 Å². The number of ether oxygens (including phenoxy) is 2. The van der Waals surface area contributed by atoms with E-state index in [1.165, 1.54) is 0 Å². The second-order valence-corrected chi connectivity index (χ2v) is 6.02. The van der Waals surface area contributed by atoms with Crippen LogP contribution in [0.3, 0.4) is 0 Å². The summed E-state index contributed by atoms with van der Waals surface area (Å²) in [6, 6.07) is 5.77. The molecular weight excluding hydrogens is 290 g/mol. The molecule has 1 aliphatic heterocycles. The molecule has 0 unspecified atom stereocenters. The number of fused-ring (bicyclic) bond motifs is 1. The van der Waals surface area contributed by atoms with Gasteiger partial charge in [-0.25, -0.2) is 4.98 Å². The van der Waals surface area contributed by atoms with Gasteiger partial charge in [0, 0.05) is 12.0 Å². The molecule has 2 N–H and O–H groups in total. The van der Waals surface area contributed by atoms with Crippen LogP contribution in [-0.4, -0.2) is 15.6 Å². The number of para-hydroxylation sites is 1. The summed E-state index contributed by atoms with van der Waals surface area (Å²) in [5.74, 6) is 1.56. The molecule has 0 saturated carbocycles. The van der Waals surface area contributed by atoms with Gasteiger partial charge in [-0.2, -0.15) is 4.98 Å². The van der Waals surface area contributed by atoms with Gasteiger partial charge in [0.1, 0.15) is 11.3 Å². The van der Waals surface area contributed by atoms with Crippen molar-refractivity contribution >= 4 is 17.3 Å². The lowest BCUT2D eigenvalue weighted by Gasteiger charge is -2.18. The molecule has 2 aromatic rings. The molecule has 0 bridgehead atoms. The average Bonchev–Trinajstić information content (AvgIpc) is 2.70.